The van der Waals surface area contributed by atoms with Gasteiger partial charge in [0.25, 0.3) is 6.43 Å². The van der Waals surface area contributed by atoms with Crippen LogP contribution in [0.2, 0.25) is 5.02 Å². The molecule has 1 aliphatic heterocycles. The molecule has 1 aromatic rings. The van der Waals surface area contributed by atoms with Gasteiger partial charge in [-0.05, 0) is 11.6 Å². The van der Waals surface area contributed by atoms with Crippen LogP contribution in [-0.2, 0) is 0 Å². The van der Waals surface area contributed by atoms with E-state index in [0.717, 1.165) is 0 Å². The van der Waals surface area contributed by atoms with Crippen molar-refractivity contribution < 1.29 is 18.3 Å². The SMILES string of the molecule is COc1ccc([C@H](C(F)F)N2CCNCC2)c(Cl)c1OC. The monoisotopic (exact) mass is 320 g/mol. The molecule has 7 heteroatoms. The van der Waals surface area contributed by atoms with Crippen molar-refractivity contribution in [3.8, 4) is 11.5 Å². The van der Waals surface area contributed by atoms with Crippen LogP contribution in [0.25, 0.3) is 0 Å². The van der Waals surface area contributed by atoms with Crippen molar-refractivity contribution in [2.75, 3.05) is 40.4 Å². The Labute approximate surface area is 128 Å². The molecule has 1 aromatic carbocycles. The maximum Gasteiger partial charge on any atom is 0.258 e. The first-order valence-corrected chi connectivity index (χ1v) is 7.11. The van der Waals surface area contributed by atoms with E-state index in [0.29, 0.717) is 37.5 Å². The summed E-state index contributed by atoms with van der Waals surface area (Å²) in [6.45, 7) is 2.49. The summed E-state index contributed by atoms with van der Waals surface area (Å²) in [7, 11) is 2.92. The Morgan fingerprint density at radius 1 is 1.19 bits per heavy atom. The first-order valence-electron chi connectivity index (χ1n) is 6.73. The molecular weight excluding hydrogens is 302 g/mol. The molecule has 0 bridgehead atoms. The van der Waals surface area contributed by atoms with Gasteiger partial charge in [0.05, 0.1) is 25.3 Å². The molecule has 1 heterocycles. The normalized spacial score (nSPS) is 17.8. The number of nitrogens with zero attached hydrogens (tertiary/aromatic N) is 1. The molecule has 1 N–H and O–H groups in total. The molecule has 0 amide bonds. The average molecular weight is 321 g/mol. The fourth-order valence-corrected chi connectivity index (χ4v) is 2.93. The van der Waals surface area contributed by atoms with Crippen molar-refractivity contribution in [1.29, 1.82) is 0 Å². The summed E-state index contributed by atoms with van der Waals surface area (Å²) in [4.78, 5) is 1.74. The van der Waals surface area contributed by atoms with Gasteiger partial charge in [-0.2, -0.15) is 0 Å². The Bertz CT molecular complexity index is 482. The maximum absolute atomic E-state index is 13.6. The topological polar surface area (TPSA) is 33.7 Å². The van der Waals surface area contributed by atoms with Gasteiger partial charge in [0, 0.05) is 26.2 Å². The lowest BCUT2D eigenvalue weighted by Crippen LogP contribution is -2.47. The molecule has 1 atom stereocenters. The highest BCUT2D eigenvalue weighted by molar-refractivity contribution is 6.33. The largest absolute Gasteiger partial charge is 0.493 e. The number of hydrogen-bond donors (Lipinski definition) is 1. The minimum Gasteiger partial charge on any atom is -0.493 e. The predicted molar refractivity (Wildman–Crippen MR) is 77.7 cm³/mol. The summed E-state index contributed by atoms with van der Waals surface area (Å²) in [6, 6.07) is 2.15. The fraction of sp³-hybridized carbons (Fsp3) is 0.571. The second-order valence-corrected chi connectivity index (χ2v) is 5.15. The second kappa shape index (κ2) is 7.24. The first kappa shape index (κ1) is 16.3. The molecule has 21 heavy (non-hydrogen) atoms. The van der Waals surface area contributed by atoms with Gasteiger partial charge in [0.1, 0.15) is 0 Å². The number of alkyl halides is 2. The molecule has 0 unspecified atom stereocenters. The van der Waals surface area contributed by atoms with Gasteiger partial charge < -0.3 is 14.8 Å². The number of ether oxygens (including phenoxy) is 2. The third kappa shape index (κ3) is 3.39. The van der Waals surface area contributed by atoms with Crippen LogP contribution in [-0.4, -0.2) is 51.7 Å². The number of benzene rings is 1. The lowest BCUT2D eigenvalue weighted by molar-refractivity contribution is 0.0181. The van der Waals surface area contributed by atoms with Crippen molar-refractivity contribution in [1.82, 2.24) is 10.2 Å². The molecule has 1 saturated heterocycles. The summed E-state index contributed by atoms with van der Waals surface area (Å²) in [5, 5.41) is 3.33. The molecule has 0 aliphatic carbocycles. The summed E-state index contributed by atoms with van der Waals surface area (Å²) in [5.41, 5.74) is 0.367. The molecule has 0 saturated carbocycles. The summed E-state index contributed by atoms with van der Waals surface area (Å²) in [5.74, 6) is 0.719. The summed E-state index contributed by atoms with van der Waals surface area (Å²) in [6.07, 6.45) is -2.53. The number of piperazine rings is 1. The predicted octanol–water partition coefficient (Wildman–Crippen LogP) is 2.57. The fourth-order valence-electron chi connectivity index (χ4n) is 2.59. The van der Waals surface area contributed by atoms with E-state index in [1.54, 1.807) is 17.0 Å². The molecule has 2 rings (SSSR count). The molecule has 118 valence electrons. The van der Waals surface area contributed by atoms with Crippen LogP contribution in [0.4, 0.5) is 8.78 Å². The molecule has 1 fully saturated rings. The smallest absolute Gasteiger partial charge is 0.258 e. The molecule has 0 aromatic heterocycles. The maximum atomic E-state index is 13.6. The summed E-state index contributed by atoms with van der Waals surface area (Å²) >= 11 is 6.27. The van der Waals surface area contributed by atoms with E-state index in [1.165, 1.54) is 14.2 Å². The van der Waals surface area contributed by atoms with Crippen LogP contribution < -0.4 is 14.8 Å². The Morgan fingerprint density at radius 2 is 1.86 bits per heavy atom. The number of methoxy groups -OCH3 is 2. The van der Waals surface area contributed by atoms with Gasteiger partial charge in [0.15, 0.2) is 11.5 Å². The standard InChI is InChI=1S/C14H19ClF2N2O2/c1-20-10-4-3-9(11(15)13(10)21-2)12(14(16)17)19-7-5-18-6-8-19/h3-4,12,14,18H,5-8H2,1-2H3/t12-/m1/s1. The Hall–Kier alpha value is -1.11. The van der Waals surface area contributed by atoms with Crippen molar-refractivity contribution in [2.45, 2.75) is 12.5 Å². The van der Waals surface area contributed by atoms with Crippen LogP contribution in [0.1, 0.15) is 11.6 Å². The zero-order valence-corrected chi connectivity index (χ0v) is 12.8. The van der Waals surface area contributed by atoms with Gasteiger partial charge in [-0.1, -0.05) is 17.7 Å². The van der Waals surface area contributed by atoms with Crippen LogP contribution in [0.3, 0.4) is 0 Å². The van der Waals surface area contributed by atoms with Crippen LogP contribution in [0.15, 0.2) is 12.1 Å². The first-order chi connectivity index (χ1) is 10.1. The van der Waals surface area contributed by atoms with Crippen molar-refractivity contribution in [3.63, 3.8) is 0 Å². The van der Waals surface area contributed by atoms with Crippen LogP contribution in [0.5, 0.6) is 11.5 Å². The Kier molecular flexibility index (Phi) is 5.61. The van der Waals surface area contributed by atoms with E-state index in [2.05, 4.69) is 5.32 Å². The molecule has 1 aliphatic rings. The molecule has 0 radical (unpaired) electrons. The number of nitrogens with one attached hydrogen (secondary N) is 1. The van der Waals surface area contributed by atoms with Gasteiger partial charge in [-0.3, -0.25) is 4.90 Å². The van der Waals surface area contributed by atoms with Crippen molar-refractivity contribution in [3.05, 3.63) is 22.7 Å². The lowest BCUT2D eigenvalue weighted by atomic mass is 10.0. The van der Waals surface area contributed by atoms with Gasteiger partial charge >= 0.3 is 0 Å². The van der Waals surface area contributed by atoms with E-state index < -0.39 is 12.5 Å². The third-order valence-corrected chi connectivity index (χ3v) is 4.01. The minimum atomic E-state index is -2.53. The quantitative estimate of drug-likeness (QED) is 0.904. The number of halogens is 3. The van der Waals surface area contributed by atoms with E-state index in [4.69, 9.17) is 21.1 Å². The zero-order valence-electron chi connectivity index (χ0n) is 12.0. The molecular formula is C14H19ClF2N2O2. The molecule has 0 spiro atoms. The second-order valence-electron chi connectivity index (χ2n) is 4.77. The van der Waals surface area contributed by atoms with Gasteiger partial charge in [-0.15, -0.1) is 0 Å². The average Bonchev–Trinajstić information content (AvgIpc) is 2.49. The van der Waals surface area contributed by atoms with E-state index in [9.17, 15) is 8.78 Å². The van der Waals surface area contributed by atoms with Crippen molar-refractivity contribution in [2.24, 2.45) is 0 Å². The third-order valence-electron chi connectivity index (χ3n) is 3.62. The number of hydrogen-bond acceptors (Lipinski definition) is 4. The molecule has 4 nitrogen and oxygen atoms in total. The van der Waals surface area contributed by atoms with Crippen LogP contribution >= 0.6 is 11.6 Å². The zero-order chi connectivity index (χ0) is 15.4. The lowest BCUT2D eigenvalue weighted by Gasteiger charge is -2.35. The Morgan fingerprint density at radius 3 is 2.38 bits per heavy atom. The Balaban J connectivity index is 2.40. The van der Waals surface area contributed by atoms with Gasteiger partial charge in [-0.25, -0.2) is 8.78 Å². The van der Waals surface area contributed by atoms with Crippen molar-refractivity contribution >= 4 is 11.6 Å². The van der Waals surface area contributed by atoms with Gasteiger partial charge in [0.2, 0.25) is 0 Å². The minimum absolute atomic E-state index is 0.181. The van der Waals surface area contributed by atoms with E-state index in [1.807, 2.05) is 0 Å². The highest BCUT2D eigenvalue weighted by Crippen LogP contribution is 2.42. The number of rotatable bonds is 5. The van der Waals surface area contributed by atoms with E-state index >= 15 is 0 Å². The van der Waals surface area contributed by atoms with E-state index in [-0.39, 0.29) is 10.8 Å². The highest BCUT2D eigenvalue weighted by Gasteiger charge is 2.33. The van der Waals surface area contributed by atoms with Crippen LogP contribution in [0, 0.1) is 0 Å². The summed E-state index contributed by atoms with van der Waals surface area (Å²) < 4.78 is 37.5. The highest BCUT2D eigenvalue weighted by atomic mass is 35.5.